The van der Waals surface area contributed by atoms with Crippen LogP contribution in [0.15, 0.2) is 24.3 Å². The summed E-state index contributed by atoms with van der Waals surface area (Å²) in [6.07, 6.45) is 0.953. The zero-order chi connectivity index (χ0) is 14.9. The second kappa shape index (κ2) is 5.44. The molecule has 0 saturated carbocycles. The van der Waals surface area contributed by atoms with Crippen LogP contribution in [0.4, 0.5) is 5.69 Å². The molecular formula is C16H24N2O2. The largest absolute Gasteiger partial charge is 0.399 e. The number of likely N-dealkylation sites (tertiary alicyclic amines) is 1. The van der Waals surface area contributed by atoms with Gasteiger partial charge in [0.05, 0.1) is 18.1 Å². The third-order valence-corrected chi connectivity index (χ3v) is 4.50. The van der Waals surface area contributed by atoms with E-state index in [0.29, 0.717) is 11.6 Å². The molecular weight excluding hydrogens is 252 g/mol. The van der Waals surface area contributed by atoms with E-state index in [1.165, 1.54) is 0 Å². The molecule has 4 nitrogen and oxygen atoms in total. The van der Waals surface area contributed by atoms with Gasteiger partial charge in [0, 0.05) is 12.2 Å². The summed E-state index contributed by atoms with van der Waals surface area (Å²) in [5.41, 5.74) is 6.74. The lowest BCUT2D eigenvalue weighted by molar-refractivity contribution is -0.138. The summed E-state index contributed by atoms with van der Waals surface area (Å²) < 4.78 is 0. The lowest BCUT2D eigenvalue weighted by atomic mass is 9.82. The summed E-state index contributed by atoms with van der Waals surface area (Å²) in [7, 11) is 0. The van der Waals surface area contributed by atoms with Crippen LogP contribution in [0.25, 0.3) is 0 Å². The fourth-order valence-corrected chi connectivity index (χ4v) is 2.92. The number of amides is 1. The highest BCUT2D eigenvalue weighted by atomic mass is 16.3. The van der Waals surface area contributed by atoms with Gasteiger partial charge in [0.2, 0.25) is 5.91 Å². The molecule has 0 aromatic heterocycles. The van der Waals surface area contributed by atoms with E-state index in [1.54, 1.807) is 0 Å². The van der Waals surface area contributed by atoms with Crippen molar-refractivity contribution in [3.63, 3.8) is 0 Å². The normalized spacial score (nSPS) is 23.1. The number of hydrogen-bond donors (Lipinski definition) is 2. The van der Waals surface area contributed by atoms with Gasteiger partial charge in [0.25, 0.3) is 0 Å². The molecule has 4 heteroatoms. The summed E-state index contributed by atoms with van der Waals surface area (Å²) >= 11 is 0. The van der Waals surface area contributed by atoms with Gasteiger partial charge in [0.15, 0.2) is 0 Å². The monoisotopic (exact) mass is 276 g/mol. The Hall–Kier alpha value is -1.55. The summed E-state index contributed by atoms with van der Waals surface area (Å²) in [6, 6.07) is 7.39. The molecule has 1 amide bonds. The van der Waals surface area contributed by atoms with Crippen LogP contribution in [0.5, 0.6) is 0 Å². The van der Waals surface area contributed by atoms with Gasteiger partial charge >= 0.3 is 0 Å². The Labute approximate surface area is 120 Å². The van der Waals surface area contributed by atoms with E-state index in [0.717, 1.165) is 18.5 Å². The van der Waals surface area contributed by atoms with E-state index < -0.39 is 5.41 Å². The second-order valence-electron chi connectivity index (χ2n) is 6.26. The van der Waals surface area contributed by atoms with Crippen molar-refractivity contribution in [1.82, 2.24) is 4.90 Å². The van der Waals surface area contributed by atoms with Gasteiger partial charge in [-0.25, -0.2) is 0 Å². The molecule has 1 aliphatic heterocycles. The van der Waals surface area contributed by atoms with Crippen LogP contribution in [0.1, 0.15) is 32.8 Å². The van der Waals surface area contributed by atoms with Gasteiger partial charge in [-0.2, -0.15) is 0 Å². The predicted octanol–water partition coefficient (Wildman–Crippen LogP) is 1.78. The van der Waals surface area contributed by atoms with Crippen molar-refractivity contribution < 1.29 is 9.90 Å². The fourth-order valence-electron chi connectivity index (χ4n) is 2.92. The Bertz CT molecular complexity index is 482. The minimum atomic E-state index is -0.606. The first-order valence-electron chi connectivity index (χ1n) is 7.16. The molecule has 110 valence electrons. The predicted molar refractivity (Wildman–Crippen MR) is 80.2 cm³/mol. The maximum atomic E-state index is 12.9. The molecule has 1 heterocycles. The molecule has 3 N–H and O–H groups in total. The zero-order valence-corrected chi connectivity index (χ0v) is 12.5. The number of anilines is 1. The maximum absolute atomic E-state index is 12.9. The Balaban J connectivity index is 2.25. The highest BCUT2D eigenvalue weighted by Gasteiger charge is 2.41. The lowest BCUT2D eigenvalue weighted by Gasteiger charge is -2.33. The highest BCUT2D eigenvalue weighted by Crippen LogP contribution is 2.32. The van der Waals surface area contributed by atoms with Gasteiger partial charge in [0.1, 0.15) is 0 Å². The number of carbonyl (C=O) groups excluding carboxylic acids is 1. The van der Waals surface area contributed by atoms with Gasteiger partial charge in [-0.05, 0) is 43.9 Å². The van der Waals surface area contributed by atoms with Gasteiger partial charge in [-0.1, -0.05) is 19.1 Å². The SMILES string of the molecule is CC1CCN(C(=O)C(C)(C)c2ccc(N)cc2)C1CO. The molecule has 0 bridgehead atoms. The van der Waals surface area contributed by atoms with Crippen molar-refractivity contribution in [2.45, 2.75) is 38.6 Å². The van der Waals surface area contributed by atoms with E-state index in [1.807, 2.05) is 43.0 Å². The number of aliphatic hydroxyl groups excluding tert-OH is 1. The number of nitrogens with two attached hydrogens (primary N) is 1. The lowest BCUT2D eigenvalue weighted by Crippen LogP contribution is -2.48. The molecule has 0 radical (unpaired) electrons. The Morgan fingerprint density at radius 1 is 1.40 bits per heavy atom. The van der Waals surface area contributed by atoms with Gasteiger partial charge < -0.3 is 15.7 Å². The smallest absolute Gasteiger partial charge is 0.232 e. The second-order valence-corrected chi connectivity index (χ2v) is 6.26. The van der Waals surface area contributed by atoms with Crippen molar-refractivity contribution in [2.24, 2.45) is 5.92 Å². The first kappa shape index (κ1) is 14.9. The third-order valence-electron chi connectivity index (χ3n) is 4.50. The number of aliphatic hydroxyl groups is 1. The summed E-state index contributed by atoms with van der Waals surface area (Å²) in [4.78, 5) is 14.7. The molecule has 1 aromatic rings. The summed E-state index contributed by atoms with van der Waals surface area (Å²) in [6.45, 7) is 6.70. The molecule has 2 atom stereocenters. The Morgan fingerprint density at radius 3 is 2.55 bits per heavy atom. The van der Waals surface area contributed by atoms with Crippen LogP contribution >= 0.6 is 0 Å². The quantitative estimate of drug-likeness (QED) is 0.827. The molecule has 1 fully saturated rings. The van der Waals surface area contributed by atoms with Crippen molar-refractivity contribution in [1.29, 1.82) is 0 Å². The molecule has 0 spiro atoms. The molecule has 1 saturated heterocycles. The number of carbonyl (C=O) groups is 1. The summed E-state index contributed by atoms with van der Waals surface area (Å²) in [5.74, 6) is 0.428. The first-order valence-corrected chi connectivity index (χ1v) is 7.16. The van der Waals surface area contributed by atoms with Crippen molar-refractivity contribution in [3.8, 4) is 0 Å². The Kier molecular flexibility index (Phi) is 4.04. The van der Waals surface area contributed by atoms with Crippen LogP contribution in [0, 0.1) is 5.92 Å². The number of hydrogen-bond acceptors (Lipinski definition) is 3. The van der Waals surface area contributed by atoms with E-state index >= 15 is 0 Å². The van der Waals surface area contributed by atoms with Crippen LogP contribution in [0.3, 0.4) is 0 Å². The van der Waals surface area contributed by atoms with E-state index in [-0.39, 0.29) is 18.6 Å². The molecule has 1 aromatic carbocycles. The van der Waals surface area contributed by atoms with Crippen LogP contribution in [-0.2, 0) is 10.2 Å². The number of rotatable bonds is 3. The minimum absolute atomic E-state index is 0.0325. The molecule has 0 aliphatic carbocycles. The maximum Gasteiger partial charge on any atom is 0.232 e. The molecule has 1 aliphatic rings. The van der Waals surface area contributed by atoms with Crippen molar-refractivity contribution in [2.75, 3.05) is 18.9 Å². The van der Waals surface area contributed by atoms with Gasteiger partial charge in [-0.15, -0.1) is 0 Å². The van der Waals surface area contributed by atoms with E-state index in [4.69, 9.17) is 5.73 Å². The average Bonchev–Trinajstić information content (AvgIpc) is 2.79. The van der Waals surface area contributed by atoms with Crippen LogP contribution in [0.2, 0.25) is 0 Å². The van der Waals surface area contributed by atoms with E-state index in [9.17, 15) is 9.90 Å². The first-order chi connectivity index (χ1) is 9.37. The van der Waals surface area contributed by atoms with Gasteiger partial charge in [-0.3, -0.25) is 4.79 Å². The number of benzene rings is 1. The topological polar surface area (TPSA) is 66.6 Å². The summed E-state index contributed by atoms with van der Waals surface area (Å²) in [5, 5.41) is 9.52. The van der Waals surface area contributed by atoms with E-state index in [2.05, 4.69) is 6.92 Å². The molecule has 20 heavy (non-hydrogen) atoms. The zero-order valence-electron chi connectivity index (χ0n) is 12.5. The fraction of sp³-hybridized carbons (Fsp3) is 0.562. The minimum Gasteiger partial charge on any atom is -0.399 e. The highest BCUT2D eigenvalue weighted by molar-refractivity contribution is 5.88. The third kappa shape index (κ3) is 2.52. The number of nitrogens with zero attached hydrogens (tertiary/aromatic N) is 1. The van der Waals surface area contributed by atoms with Crippen molar-refractivity contribution in [3.05, 3.63) is 29.8 Å². The molecule has 2 unspecified atom stereocenters. The standard InChI is InChI=1S/C16H24N2O2/c1-11-8-9-18(14(11)10-19)15(20)16(2,3)12-4-6-13(17)7-5-12/h4-7,11,14,19H,8-10,17H2,1-3H3. The average molecular weight is 276 g/mol. The Morgan fingerprint density at radius 2 is 2.00 bits per heavy atom. The number of nitrogen functional groups attached to an aromatic ring is 1. The van der Waals surface area contributed by atoms with Crippen molar-refractivity contribution >= 4 is 11.6 Å². The van der Waals surface area contributed by atoms with Crippen LogP contribution < -0.4 is 5.73 Å². The molecule has 2 rings (SSSR count). The van der Waals surface area contributed by atoms with Crippen LogP contribution in [-0.4, -0.2) is 35.1 Å².